The van der Waals surface area contributed by atoms with Crippen molar-refractivity contribution in [1.29, 1.82) is 0 Å². The number of aliphatic hydroxyl groups is 1. The van der Waals surface area contributed by atoms with Gasteiger partial charge in [-0.05, 0) is 23.6 Å². The van der Waals surface area contributed by atoms with Crippen LogP contribution in [0.1, 0.15) is 29.7 Å². The van der Waals surface area contributed by atoms with Gasteiger partial charge in [-0.2, -0.15) is 0 Å². The lowest BCUT2D eigenvalue weighted by atomic mass is 9.82. The molecule has 3 aliphatic heterocycles. The number of piperidine rings is 3. The lowest BCUT2D eigenvalue weighted by molar-refractivity contribution is -0.946. The molecular weight excluding hydrogens is 446 g/mol. The lowest BCUT2D eigenvalue weighted by Gasteiger charge is -2.52. The van der Waals surface area contributed by atoms with Gasteiger partial charge in [0.25, 0.3) is 0 Å². The monoisotopic (exact) mass is 478 g/mol. The van der Waals surface area contributed by atoms with Crippen molar-refractivity contribution in [3.63, 3.8) is 0 Å². The van der Waals surface area contributed by atoms with E-state index in [1.165, 1.54) is 11.3 Å². The van der Waals surface area contributed by atoms with Crippen molar-refractivity contribution in [3.8, 4) is 5.75 Å². The normalized spacial score (nSPS) is 25.4. The van der Waals surface area contributed by atoms with Crippen LogP contribution in [0.5, 0.6) is 5.75 Å². The molecule has 0 amide bonds. The predicted molar refractivity (Wildman–Crippen MR) is 133 cm³/mol. The van der Waals surface area contributed by atoms with Crippen molar-refractivity contribution in [2.75, 3.05) is 32.8 Å². The average molecular weight is 479 g/mol. The SMILES string of the molecule is O=C(O[C@H]1C[N+]2(CCCOc3ccccc3)CCC1CC2)[C@](O)(c1ccccc1)c1cccs1. The van der Waals surface area contributed by atoms with Crippen LogP contribution in [0.25, 0.3) is 0 Å². The van der Waals surface area contributed by atoms with Gasteiger partial charge in [-0.15, -0.1) is 11.3 Å². The molecule has 3 saturated heterocycles. The molecule has 34 heavy (non-hydrogen) atoms. The van der Waals surface area contributed by atoms with Crippen LogP contribution >= 0.6 is 11.3 Å². The summed E-state index contributed by atoms with van der Waals surface area (Å²) in [6, 6.07) is 22.7. The summed E-state index contributed by atoms with van der Waals surface area (Å²) < 4.78 is 13.0. The number of hydrogen-bond acceptors (Lipinski definition) is 5. The number of hydrogen-bond donors (Lipinski definition) is 1. The van der Waals surface area contributed by atoms with Crippen molar-refractivity contribution in [2.24, 2.45) is 5.92 Å². The van der Waals surface area contributed by atoms with Crippen LogP contribution in [-0.4, -0.2) is 54.4 Å². The topological polar surface area (TPSA) is 55.8 Å². The molecule has 6 rings (SSSR count). The molecule has 1 N–H and O–H groups in total. The van der Waals surface area contributed by atoms with Gasteiger partial charge in [-0.25, -0.2) is 4.79 Å². The van der Waals surface area contributed by atoms with E-state index in [4.69, 9.17) is 9.47 Å². The molecule has 0 radical (unpaired) electrons. The number of ether oxygens (including phenoxy) is 2. The smallest absolute Gasteiger partial charge is 0.349 e. The summed E-state index contributed by atoms with van der Waals surface area (Å²) >= 11 is 1.37. The molecule has 3 aliphatic rings. The van der Waals surface area contributed by atoms with Gasteiger partial charge in [0.05, 0.1) is 31.1 Å². The van der Waals surface area contributed by atoms with E-state index in [9.17, 15) is 9.90 Å². The number of carbonyl (C=O) groups excluding carboxylic acids is 1. The molecule has 2 bridgehead atoms. The average Bonchev–Trinajstić information content (AvgIpc) is 3.44. The maximum absolute atomic E-state index is 13.5. The Kier molecular flexibility index (Phi) is 6.73. The number of benzene rings is 2. The highest BCUT2D eigenvalue weighted by Gasteiger charge is 2.50. The molecule has 0 unspecified atom stereocenters. The first-order chi connectivity index (χ1) is 16.6. The number of esters is 1. The van der Waals surface area contributed by atoms with Gasteiger partial charge in [0, 0.05) is 30.7 Å². The molecule has 178 valence electrons. The van der Waals surface area contributed by atoms with Gasteiger partial charge in [-0.3, -0.25) is 0 Å². The van der Waals surface area contributed by atoms with Crippen molar-refractivity contribution in [3.05, 3.63) is 88.6 Å². The van der Waals surface area contributed by atoms with Crippen LogP contribution < -0.4 is 4.74 Å². The highest BCUT2D eigenvalue weighted by atomic mass is 32.1. The molecule has 3 aromatic rings. The van der Waals surface area contributed by atoms with E-state index in [1.807, 2.05) is 60.0 Å². The van der Waals surface area contributed by atoms with Gasteiger partial charge in [-0.1, -0.05) is 54.6 Å². The molecule has 4 heterocycles. The molecule has 5 nitrogen and oxygen atoms in total. The third-order valence-electron chi connectivity index (χ3n) is 7.45. The zero-order valence-electron chi connectivity index (χ0n) is 19.3. The Hall–Kier alpha value is -2.67. The maximum Gasteiger partial charge on any atom is 0.349 e. The van der Waals surface area contributed by atoms with Crippen molar-refractivity contribution in [1.82, 2.24) is 0 Å². The molecule has 3 fully saturated rings. The fraction of sp³-hybridized carbons (Fsp3) is 0.393. The molecule has 2 atom stereocenters. The summed E-state index contributed by atoms with van der Waals surface area (Å²) in [5.74, 6) is 0.707. The number of fused-ring (bicyclic) bond motifs is 3. The summed E-state index contributed by atoms with van der Waals surface area (Å²) in [6.07, 6.45) is 2.91. The van der Waals surface area contributed by atoms with E-state index in [0.717, 1.165) is 55.7 Å². The van der Waals surface area contributed by atoms with E-state index in [2.05, 4.69) is 0 Å². The fourth-order valence-electron chi connectivity index (χ4n) is 5.52. The Morgan fingerprint density at radius 1 is 1.00 bits per heavy atom. The lowest BCUT2D eigenvalue weighted by Crippen LogP contribution is -2.65. The van der Waals surface area contributed by atoms with Crippen molar-refractivity contribution in [2.45, 2.75) is 31.0 Å². The molecule has 2 aromatic carbocycles. The number of rotatable bonds is 9. The number of quaternary nitrogens is 1. The minimum absolute atomic E-state index is 0.166. The van der Waals surface area contributed by atoms with Crippen LogP contribution in [0.3, 0.4) is 0 Å². The molecule has 0 saturated carbocycles. The van der Waals surface area contributed by atoms with Gasteiger partial charge in [0.15, 0.2) is 6.10 Å². The molecular formula is C28H32NO4S+. The van der Waals surface area contributed by atoms with Gasteiger partial charge in [0.2, 0.25) is 5.60 Å². The fourth-order valence-corrected chi connectivity index (χ4v) is 6.36. The summed E-state index contributed by atoms with van der Waals surface area (Å²) in [6.45, 7) is 4.76. The van der Waals surface area contributed by atoms with Gasteiger partial charge < -0.3 is 19.1 Å². The third kappa shape index (κ3) is 4.63. The zero-order valence-corrected chi connectivity index (χ0v) is 20.2. The summed E-state index contributed by atoms with van der Waals surface area (Å²) in [5, 5.41) is 13.5. The number of carbonyl (C=O) groups is 1. The molecule has 6 heteroatoms. The van der Waals surface area contributed by atoms with Crippen LogP contribution in [0.15, 0.2) is 78.2 Å². The minimum atomic E-state index is -1.78. The van der Waals surface area contributed by atoms with E-state index >= 15 is 0 Å². The second kappa shape index (κ2) is 9.90. The van der Waals surface area contributed by atoms with E-state index in [0.29, 0.717) is 23.0 Å². The Balaban J connectivity index is 1.25. The number of thiophene rings is 1. The summed E-state index contributed by atoms with van der Waals surface area (Å²) in [4.78, 5) is 14.1. The number of para-hydroxylation sites is 1. The van der Waals surface area contributed by atoms with Gasteiger partial charge in [0.1, 0.15) is 12.3 Å². The van der Waals surface area contributed by atoms with Crippen LogP contribution in [0.2, 0.25) is 0 Å². The second-order valence-corrected chi connectivity index (χ2v) is 10.5. The predicted octanol–water partition coefficient (Wildman–Crippen LogP) is 4.61. The standard InChI is InChI=1S/C28H32NO4S/c30-27(28(31,26-13-7-20-34-26)23-9-3-1-4-10-23)33-25-21-29(17-14-22(25)15-18-29)16-8-19-32-24-11-5-2-6-12-24/h1-7,9-13,20,22,25,31H,8,14-19,21H2/q+1/t22?,25-,28-,29?/m0/s1. The molecule has 0 aliphatic carbocycles. The van der Waals surface area contributed by atoms with E-state index in [-0.39, 0.29) is 6.10 Å². The van der Waals surface area contributed by atoms with Crippen molar-refractivity contribution >= 4 is 17.3 Å². The van der Waals surface area contributed by atoms with E-state index < -0.39 is 11.6 Å². The summed E-state index contributed by atoms with van der Waals surface area (Å²) in [5.41, 5.74) is -1.24. The first-order valence-corrected chi connectivity index (χ1v) is 13.0. The van der Waals surface area contributed by atoms with Crippen LogP contribution in [0, 0.1) is 5.92 Å². The third-order valence-corrected chi connectivity index (χ3v) is 8.43. The van der Waals surface area contributed by atoms with Crippen LogP contribution in [-0.2, 0) is 15.1 Å². The first-order valence-electron chi connectivity index (χ1n) is 12.1. The Labute approximate surface area is 205 Å². The Morgan fingerprint density at radius 3 is 2.38 bits per heavy atom. The zero-order chi connectivity index (χ0) is 23.4. The van der Waals surface area contributed by atoms with E-state index in [1.54, 1.807) is 18.2 Å². The minimum Gasteiger partial charge on any atom is -0.493 e. The molecule has 1 aromatic heterocycles. The first kappa shape index (κ1) is 23.1. The highest BCUT2D eigenvalue weighted by Crippen LogP contribution is 2.39. The largest absolute Gasteiger partial charge is 0.493 e. The second-order valence-electron chi connectivity index (χ2n) is 9.55. The van der Waals surface area contributed by atoms with Crippen LogP contribution in [0.4, 0.5) is 0 Å². The summed E-state index contributed by atoms with van der Waals surface area (Å²) in [7, 11) is 0. The quantitative estimate of drug-likeness (QED) is 0.277. The Bertz CT molecular complexity index is 1060. The highest BCUT2D eigenvalue weighted by molar-refractivity contribution is 7.10. The maximum atomic E-state index is 13.5. The number of nitrogens with zero attached hydrogens (tertiary/aromatic N) is 1. The van der Waals surface area contributed by atoms with Crippen molar-refractivity contribution < 1.29 is 23.9 Å². The Morgan fingerprint density at radius 2 is 1.71 bits per heavy atom. The van der Waals surface area contributed by atoms with Gasteiger partial charge >= 0.3 is 5.97 Å². The molecule has 0 spiro atoms.